The van der Waals surface area contributed by atoms with Crippen LogP contribution in [0.3, 0.4) is 0 Å². The molecule has 0 unspecified atom stereocenters. The van der Waals surface area contributed by atoms with Crippen molar-refractivity contribution in [1.82, 2.24) is 9.88 Å². The number of hydrogen-bond donors (Lipinski definition) is 0. The van der Waals surface area contributed by atoms with Gasteiger partial charge in [-0.15, -0.1) is 0 Å². The minimum absolute atomic E-state index is 0.248. The Hall–Kier alpha value is -1.58. The number of carbonyl (C=O) groups is 1. The summed E-state index contributed by atoms with van der Waals surface area (Å²) < 4.78 is 5.16. The summed E-state index contributed by atoms with van der Waals surface area (Å²) in [6.45, 7) is 3.27. The van der Waals surface area contributed by atoms with Crippen molar-refractivity contribution in [3.8, 4) is 0 Å². The van der Waals surface area contributed by atoms with Gasteiger partial charge in [-0.1, -0.05) is 25.8 Å². The number of ether oxygens (including phenoxy) is 1. The zero-order valence-corrected chi connectivity index (χ0v) is 11.3. The molecular formula is C14H22N2O2. The number of nitrogens with zero attached hydrogens (tertiary/aromatic N) is 2. The number of hydrogen-bond acceptors (Lipinski definition) is 3. The molecule has 0 aromatic carbocycles. The van der Waals surface area contributed by atoms with Crippen LogP contribution in [0.5, 0.6) is 0 Å². The Labute approximate surface area is 109 Å². The van der Waals surface area contributed by atoms with Crippen molar-refractivity contribution in [2.75, 3.05) is 20.2 Å². The second kappa shape index (κ2) is 8.50. The van der Waals surface area contributed by atoms with E-state index in [-0.39, 0.29) is 6.09 Å². The lowest BCUT2D eigenvalue weighted by Gasteiger charge is -2.16. The second-order valence-corrected chi connectivity index (χ2v) is 4.31. The molecule has 1 amide bonds. The van der Waals surface area contributed by atoms with Crippen molar-refractivity contribution >= 4 is 6.09 Å². The molecule has 0 aliphatic rings. The van der Waals surface area contributed by atoms with E-state index < -0.39 is 0 Å². The number of amides is 1. The normalized spacial score (nSPS) is 10.1. The summed E-state index contributed by atoms with van der Waals surface area (Å²) in [5.41, 5.74) is 0.989. The monoisotopic (exact) mass is 250 g/mol. The van der Waals surface area contributed by atoms with Gasteiger partial charge >= 0.3 is 6.09 Å². The highest BCUT2D eigenvalue weighted by Gasteiger charge is 2.09. The van der Waals surface area contributed by atoms with Crippen LogP contribution < -0.4 is 0 Å². The SMILES string of the molecule is CCCCCOC(=O)N(C)CCc1ccccn1. The average molecular weight is 250 g/mol. The van der Waals surface area contributed by atoms with Gasteiger partial charge in [0.15, 0.2) is 0 Å². The number of carbonyl (C=O) groups excluding carboxylic acids is 1. The number of aromatic nitrogens is 1. The van der Waals surface area contributed by atoms with Gasteiger partial charge in [0.25, 0.3) is 0 Å². The highest BCUT2D eigenvalue weighted by molar-refractivity contribution is 5.67. The number of rotatable bonds is 7. The Kier molecular flexibility index (Phi) is 6.84. The molecule has 0 aliphatic carbocycles. The van der Waals surface area contributed by atoms with E-state index >= 15 is 0 Å². The number of likely N-dealkylation sites (N-methyl/N-ethyl adjacent to an activating group) is 1. The van der Waals surface area contributed by atoms with E-state index in [9.17, 15) is 4.79 Å². The van der Waals surface area contributed by atoms with E-state index in [1.54, 1.807) is 18.1 Å². The van der Waals surface area contributed by atoms with Gasteiger partial charge in [-0.25, -0.2) is 4.79 Å². The lowest BCUT2D eigenvalue weighted by molar-refractivity contribution is 0.109. The van der Waals surface area contributed by atoms with Crippen molar-refractivity contribution in [3.63, 3.8) is 0 Å². The first kappa shape index (κ1) is 14.5. The summed E-state index contributed by atoms with van der Waals surface area (Å²) in [6, 6.07) is 5.79. The Balaban J connectivity index is 2.19. The Bertz CT molecular complexity index is 341. The van der Waals surface area contributed by atoms with Crippen LogP contribution in [0, 0.1) is 0 Å². The first-order chi connectivity index (χ1) is 8.74. The predicted molar refractivity (Wildman–Crippen MR) is 71.4 cm³/mol. The Morgan fingerprint density at radius 2 is 2.22 bits per heavy atom. The Morgan fingerprint density at radius 3 is 2.89 bits per heavy atom. The predicted octanol–water partition coefficient (Wildman–Crippen LogP) is 2.88. The van der Waals surface area contributed by atoms with Crippen molar-refractivity contribution in [1.29, 1.82) is 0 Å². The summed E-state index contributed by atoms with van der Waals surface area (Å²) in [7, 11) is 1.76. The number of pyridine rings is 1. The molecule has 0 saturated carbocycles. The van der Waals surface area contributed by atoms with Gasteiger partial charge in [-0.2, -0.15) is 0 Å². The quantitative estimate of drug-likeness (QED) is 0.699. The summed E-state index contributed by atoms with van der Waals surface area (Å²) in [5, 5.41) is 0. The van der Waals surface area contributed by atoms with Gasteiger partial charge in [0.2, 0.25) is 0 Å². The van der Waals surface area contributed by atoms with Crippen molar-refractivity contribution in [2.24, 2.45) is 0 Å². The van der Waals surface area contributed by atoms with Gasteiger partial charge in [0.1, 0.15) is 0 Å². The van der Waals surface area contributed by atoms with Crippen molar-refractivity contribution < 1.29 is 9.53 Å². The summed E-state index contributed by atoms with van der Waals surface area (Å²) in [5.74, 6) is 0. The largest absolute Gasteiger partial charge is 0.449 e. The van der Waals surface area contributed by atoms with Crippen molar-refractivity contribution in [2.45, 2.75) is 32.6 Å². The molecule has 1 aromatic heterocycles. The van der Waals surface area contributed by atoms with E-state index in [2.05, 4.69) is 11.9 Å². The maximum atomic E-state index is 11.6. The maximum absolute atomic E-state index is 11.6. The molecule has 0 saturated heterocycles. The standard InChI is InChI=1S/C14H22N2O2/c1-3-4-7-12-18-14(17)16(2)11-9-13-8-5-6-10-15-13/h5-6,8,10H,3-4,7,9,11-12H2,1-2H3. The molecule has 0 fully saturated rings. The zero-order chi connectivity index (χ0) is 13.2. The summed E-state index contributed by atoms with van der Waals surface area (Å²) >= 11 is 0. The topological polar surface area (TPSA) is 42.4 Å². The molecule has 100 valence electrons. The van der Waals surface area contributed by atoms with E-state index in [0.717, 1.165) is 31.4 Å². The van der Waals surface area contributed by atoms with Gasteiger partial charge in [0.05, 0.1) is 6.61 Å². The first-order valence-corrected chi connectivity index (χ1v) is 6.52. The van der Waals surface area contributed by atoms with Crippen LogP contribution in [0.1, 0.15) is 31.9 Å². The summed E-state index contributed by atoms with van der Waals surface area (Å²) in [4.78, 5) is 17.4. The first-order valence-electron chi connectivity index (χ1n) is 6.52. The van der Waals surface area contributed by atoms with Crippen molar-refractivity contribution in [3.05, 3.63) is 30.1 Å². The van der Waals surface area contributed by atoms with Gasteiger partial charge in [0, 0.05) is 31.9 Å². The van der Waals surface area contributed by atoms with Crippen LogP contribution in [0.15, 0.2) is 24.4 Å². The molecule has 18 heavy (non-hydrogen) atoms. The molecule has 0 atom stereocenters. The third-order valence-electron chi connectivity index (χ3n) is 2.71. The minimum atomic E-state index is -0.248. The van der Waals surface area contributed by atoms with Gasteiger partial charge in [-0.3, -0.25) is 4.98 Å². The fourth-order valence-electron chi connectivity index (χ4n) is 1.54. The fourth-order valence-corrected chi connectivity index (χ4v) is 1.54. The minimum Gasteiger partial charge on any atom is -0.449 e. The van der Waals surface area contributed by atoms with Crippen LogP contribution in [0.2, 0.25) is 0 Å². The fraction of sp³-hybridized carbons (Fsp3) is 0.571. The van der Waals surface area contributed by atoms with E-state index in [4.69, 9.17) is 4.74 Å². The third kappa shape index (κ3) is 5.66. The zero-order valence-electron chi connectivity index (χ0n) is 11.3. The molecule has 0 radical (unpaired) electrons. The number of unbranched alkanes of at least 4 members (excludes halogenated alkanes) is 2. The van der Waals surface area contributed by atoms with E-state index in [1.807, 2.05) is 18.2 Å². The van der Waals surface area contributed by atoms with Crippen LogP contribution in [0.4, 0.5) is 4.79 Å². The lowest BCUT2D eigenvalue weighted by Crippen LogP contribution is -2.29. The molecule has 1 aromatic rings. The molecule has 0 bridgehead atoms. The maximum Gasteiger partial charge on any atom is 0.409 e. The second-order valence-electron chi connectivity index (χ2n) is 4.31. The lowest BCUT2D eigenvalue weighted by atomic mass is 10.2. The summed E-state index contributed by atoms with van der Waals surface area (Å²) in [6.07, 6.45) is 5.44. The molecule has 0 spiro atoms. The molecular weight excluding hydrogens is 228 g/mol. The van der Waals surface area contributed by atoms with E-state index in [1.165, 1.54) is 0 Å². The van der Waals surface area contributed by atoms with E-state index in [0.29, 0.717) is 13.2 Å². The van der Waals surface area contributed by atoms with Crippen LogP contribution in [-0.4, -0.2) is 36.2 Å². The molecule has 1 rings (SSSR count). The molecule has 4 heteroatoms. The smallest absolute Gasteiger partial charge is 0.409 e. The van der Waals surface area contributed by atoms with Crippen LogP contribution in [0.25, 0.3) is 0 Å². The molecule has 0 N–H and O–H groups in total. The van der Waals surface area contributed by atoms with Gasteiger partial charge < -0.3 is 9.64 Å². The average Bonchev–Trinajstić information content (AvgIpc) is 2.42. The Morgan fingerprint density at radius 1 is 1.39 bits per heavy atom. The third-order valence-corrected chi connectivity index (χ3v) is 2.71. The molecule has 4 nitrogen and oxygen atoms in total. The van der Waals surface area contributed by atoms with Crippen LogP contribution >= 0.6 is 0 Å². The molecule has 0 aliphatic heterocycles. The van der Waals surface area contributed by atoms with Gasteiger partial charge in [-0.05, 0) is 18.6 Å². The highest BCUT2D eigenvalue weighted by Crippen LogP contribution is 2.00. The van der Waals surface area contributed by atoms with Crippen LogP contribution in [-0.2, 0) is 11.2 Å². The highest BCUT2D eigenvalue weighted by atomic mass is 16.6. The molecule has 1 heterocycles.